The van der Waals surface area contributed by atoms with Crippen LogP contribution in [0.2, 0.25) is 5.02 Å². The number of ketones is 1. The van der Waals surface area contributed by atoms with Gasteiger partial charge >= 0.3 is 6.09 Å². The van der Waals surface area contributed by atoms with Crippen molar-refractivity contribution in [1.29, 1.82) is 0 Å². The van der Waals surface area contributed by atoms with Gasteiger partial charge in [-0.3, -0.25) is 4.79 Å². The van der Waals surface area contributed by atoms with Crippen LogP contribution in [0.4, 0.5) is 4.79 Å². The zero-order valence-corrected chi connectivity index (χ0v) is 23.4. The molecule has 0 spiro atoms. The highest BCUT2D eigenvalue weighted by Crippen LogP contribution is 2.17. The van der Waals surface area contributed by atoms with E-state index in [1.807, 2.05) is 78.9 Å². The molecule has 0 bridgehead atoms. The number of carbonyl (C=O) groups is 2. The summed E-state index contributed by atoms with van der Waals surface area (Å²) in [6.45, 7) is 1.10. The van der Waals surface area contributed by atoms with Crippen molar-refractivity contribution in [3.8, 4) is 5.75 Å². The zero-order valence-electron chi connectivity index (χ0n) is 22.6. The van der Waals surface area contributed by atoms with E-state index in [1.165, 1.54) is 0 Å². The number of Topliss-reactive ketones (excluding diaryl/α,β-unsaturated/α-hetero) is 1. The highest BCUT2D eigenvalue weighted by Gasteiger charge is 2.27. The van der Waals surface area contributed by atoms with Gasteiger partial charge in [-0.25, -0.2) is 4.79 Å². The van der Waals surface area contributed by atoms with E-state index >= 15 is 0 Å². The number of halogens is 1. The number of nitrogens with zero attached hydrogens (tertiary/aromatic N) is 2. The number of aromatic nitrogens is 2. The van der Waals surface area contributed by atoms with Gasteiger partial charge in [0.25, 0.3) is 0 Å². The smallest absolute Gasteiger partial charge is 0.408 e. The Morgan fingerprint density at radius 3 is 2.49 bits per heavy atom. The van der Waals surface area contributed by atoms with E-state index in [0.717, 1.165) is 28.9 Å². The minimum Gasteiger partial charge on any atom is -0.493 e. The molecule has 0 saturated heterocycles. The standard InChI is InChI=1S/C31H33ClN4O5/c32-25-10-6-9-22(19-25)16-18-39-26-14-12-23(13-15-26)20-28-35-30(36-41-28)29(37)27(11-4-5-17-33)34-31(38)40-21-24-7-2-1-3-8-24/h1-3,6-10,12-15,19,27H,4-5,11,16-18,20-21,33H2,(H,34,38)/t27-/m0/s1. The lowest BCUT2D eigenvalue weighted by Crippen LogP contribution is -2.41. The second kappa shape index (κ2) is 15.5. The molecule has 0 aliphatic rings. The molecule has 1 aromatic heterocycles. The molecule has 0 fully saturated rings. The van der Waals surface area contributed by atoms with Gasteiger partial charge in [-0.1, -0.05) is 71.4 Å². The summed E-state index contributed by atoms with van der Waals surface area (Å²) in [5.41, 5.74) is 8.47. The number of carbonyl (C=O) groups excluding carboxylic acids is 2. The molecule has 0 aliphatic carbocycles. The number of hydrogen-bond acceptors (Lipinski definition) is 8. The third-order valence-electron chi connectivity index (χ3n) is 6.28. The first-order valence-electron chi connectivity index (χ1n) is 13.5. The van der Waals surface area contributed by atoms with Crippen LogP contribution in [0.15, 0.2) is 83.4 Å². The molecule has 41 heavy (non-hydrogen) atoms. The van der Waals surface area contributed by atoms with Crippen molar-refractivity contribution in [2.75, 3.05) is 13.2 Å². The average Bonchev–Trinajstić information content (AvgIpc) is 3.45. The largest absolute Gasteiger partial charge is 0.493 e. The number of benzene rings is 3. The first-order valence-corrected chi connectivity index (χ1v) is 13.9. The van der Waals surface area contributed by atoms with E-state index in [1.54, 1.807) is 0 Å². The van der Waals surface area contributed by atoms with Gasteiger partial charge in [-0.2, -0.15) is 4.98 Å². The van der Waals surface area contributed by atoms with Crippen LogP contribution in [0.25, 0.3) is 0 Å². The molecular formula is C31H33ClN4O5. The molecule has 4 rings (SSSR count). The van der Waals surface area contributed by atoms with Gasteiger partial charge in [0.05, 0.1) is 19.1 Å². The maximum Gasteiger partial charge on any atom is 0.408 e. The Morgan fingerprint density at radius 2 is 1.73 bits per heavy atom. The quantitative estimate of drug-likeness (QED) is 0.139. The van der Waals surface area contributed by atoms with Crippen molar-refractivity contribution in [1.82, 2.24) is 15.5 Å². The van der Waals surface area contributed by atoms with Crippen LogP contribution < -0.4 is 15.8 Å². The molecule has 0 radical (unpaired) electrons. The highest BCUT2D eigenvalue weighted by molar-refractivity contribution is 6.30. The number of ether oxygens (including phenoxy) is 2. The molecule has 3 aromatic carbocycles. The lowest BCUT2D eigenvalue weighted by atomic mass is 10.0. The third kappa shape index (κ3) is 9.73. The first kappa shape index (κ1) is 29.8. The highest BCUT2D eigenvalue weighted by atomic mass is 35.5. The van der Waals surface area contributed by atoms with E-state index < -0.39 is 17.9 Å². The Labute approximate surface area is 244 Å². The number of amides is 1. The van der Waals surface area contributed by atoms with Gasteiger partial charge < -0.3 is 25.0 Å². The molecule has 0 unspecified atom stereocenters. The van der Waals surface area contributed by atoms with Crippen molar-refractivity contribution in [3.63, 3.8) is 0 Å². The molecule has 214 valence electrons. The predicted octanol–water partition coefficient (Wildman–Crippen LogP) is 5.54. The van der Waals surface area contributed by atoms with E-state index in [4.69, 9.17) is 31.3 Å². The Morgan fingerprint density at radius 1 is 0.951 bits per heavy atom. The van der Waals surface area contributed by atoms with Crippen molar-refractivity contribution in [2.45, 2.75) is 44.8 Å². The summed E-state index contributed by atoms with van der Waals surface area (Å²) >= 11 is 6.03. The Balaban J connectivity index is 1.29. The van der Waals surface area contributed by atoms with Crippen LogP contribution in [0, 0.1) is 0 Å². The van der Waals surface area contributed by atoms with Gasteiger partial charge in [-0.15, -0.1) is 0 Å². The summed E-state index contributed by atoms with van der Waals surface area (Å²) in [5, 5.41) is 7.22. The van der Waals surface area contributed by atoms with Gasteiger partial charge in [0.15, 0.2) is 0 Å². The Bertz CT molecular complexity index is 1400. The van der Waals surface area contributed by atoms with Gasteiger partial charge in [0.2, 0.25) is 17.5 Å². The molecular weight excluding hydrogens is 544 g/mol. The van der Waals surface area contributed by atoms with Crippen molar-refractivity contribution in [2.24, 2.45) is 5.73 Å². The summed E-state index contributed by atoms with van der Waals surface area (Å²) in [4.78, 5) is 29.9. The molecule has 0 saturated carbocycles. The molecule has 1 atom stereocenters. The number of hydrogen-bond donors (Lipinski definition) is 2. The summed E-state index contributed by atoms with van der Waals surface area (Å²) in [6.07, 6.45) is 2.12. The van der Waals surface area contributed by atoms with E-state index in [2.05, 4.69) is 15.5 Å². The van der Waals surface area contributed by atoms with Crippen LogP contribution in [0.1, 0.15) is 52.5 Å². The third-order valence-corrected chi connectivity index (χ3v) is 6.52. The van der Waals surface area contributed by atoms with E-state index in [0.29, 0.717) is 43.9 Å². The zero-order chi connectivity index (χ0) is 28.9. The average molecular weight is 577 g/mol. The second-order valence-corrected chi connectivity index (χ2v) is 9.90. The normalized spacial score (nSPS) is 11.6. The van der Waals surface area contributed by atoms with Crippen LogP contribution in [-0.2, 0) is 24.2 Å². The van der Waals surface area contributed by atoms with Gasteiger partial charge in [0.1, 0.15) is 12.4 Å². The van der Waals surface area contributed by atoms with Crippen LogP contribution in [-0.4, -0.2) is 41.2 Å². The maximum atomic E-state index is 13.2. The Kier molecular flexibility index (Phi) is 11.3. The lowest BCUT2D eigenvalue weighted by Gasteiger charge is -2.16. The first-order chi connectivity index (χ1) is 20.0. The number of nitrogens with two attached hydrogens (primary N) is 1. The lowest BCUT2D eigenvalue weighted by molar-refractivity contribution is 0.0896. The summed E-state index contributed by atoms with van der Waals surface area (Å²) in [7, 11) is 0. The predicted molar refractivity (Wildman–Crippen MR) is 155 cm³/mol. The molecule has 9 nitrogen and oxygen atoms in total. The van der Waals surface area contributed by atoms with E-state index in [-0.39, 0.29) is 18.3 Å². The maximum absolute atomic E-state index is 13.2. The fourth-order valence-electron chi connectivity index (χ4n) is 4.11. The minimum atomic E-state index is -0.862. The summed E-state index contributed by atoms with van der Waals surface area (Å²) in [6, 6.07) is 23.7. The van der Waals surface area contributed by atoms with Crippen LogP contribution in [0.3, 0.4) is 0 Å². The fourth-order valence-corrected chi connectivity index (χ4v) is 4.32. The van der Waals surface area contributed by atoms with Crippen molar-refractivity contribution in [3.05, 3.63) is 112 Å². The second-order valence-electron chi connectivity index (χ2n) is 9.47. The van der Waals surface area contributed by atoms with Crippen molar-refractivity contribution < 1.29 is 23.6 Å². The number of nitrogens with one attached hydrogen (secondary N) is 1. The van der Waals surface area contributed by atoms with Gasteiger partial charge in [0, 0.05) is 11.4 Å². The molecule has 4 aromatic rings. The molecule has 3 N–H and O–H groups in total. The van der Waals surface area contributed by atoms with Gasteiger partial charge in [-0.05, 0) is 66.8 Å². The summed E-state index contributed by atoms with van der Waals surface area (Å²) < 4.78 is 16.5. The van der Waals surface area contributed by atoms with E-state index in [9.17, 15) is 9.59 Å². The molecule has 0 aliphatic heterocycles. The molecule has 10 heteroatoms. The SMILES string of the molecule is NCCCC[C@H](NC(=O)OCc1ccccc1)C(=O)c1noc(Cc2ccc(OCCc3cccc(Cl)c3)cc2)n1. The van der Waals surface area contributed by atoms with Crippen LogP contribution in [0.5, 0.6) is 5.75 Å². The Hall–Kier alpha value is -4.21. The number of alkyl carbamates (subject to hydrolysis) is 1. The van der Waals surface area contributed by atoms with Crippen LogP contribution >= 0.6 is 11.6 Å². The summed E-state index contributed by atoms with van der Waals surface area (Å²) in [5.74, 6) is 0.484. The van der Waals surface area contributed by atoms with Crippen molar-refractivity contribution >= 4 is 23.5 Å². The molecule has 1 heterocycles. The number of unbranched alkanes of at least 4 members (excludes halogenated alkanes) is 1. The monoisotopic (exact) mass is 576 g/mol. The molecule has 1 amide bonds. The minimum absolute atomic E-state index is 0.0917. The fraction of sp³-hybridized carbons (Fsp3) is 0.290. The topological polar surface area (TPSA) is 130 Å². The number of rotatable bonds is 15.